The lowest BCUT2D eigenvalue weighted by Gasteiger charge is -2.15. The first-order chi connectivity index (χ1) is 7.47. The molecule has 0 radical (unpaired) electrons. The molecule has 1 unspecified atom stereocenters. The van der Waals surface area contributed by atoms with Crippen LogP contribution in [0.25, 0.3) is 0 Å². The molecule has 0 rings (SSSR count). The molecule has 94 valence electrons. The summed E-state index contributed by atoms with van der Waals surface area (Å²) in [6.45, 7) is 8.92. The summed E-state index contributed by atoms with van der Waals surface area (Å²) < 4.78 is 0. The van der Waals surface area contributed by atoms with Crippen molar-refractivity contribution >= 4 is 11.9 Å². The Hall–Kier alpha value is -1.26. The van der Waals surface area contributed by atoms with Gasteiger partial charge in [0.2, 0.25) is 5.91 Å². The van der Waals surface area contributed by atoms with Gasteiger partial charge in [-0.1, -0.05) is 20.8 Å². The molecule has 0 bridgehead atoms. The number of hydrogen-bond acceptors (Lipinski definition) is 2. The molecule has 0 aliphatic rings. The second kappa shape index (κ2) is 7.96. The predicted molar refractivity (Wildman–Crippen MR) is 64.1 cm³/mol. The first kappa shape index (κ1) is 14.7. The van der Waals surface area contributed by atoms with Crippen LogP contribution in [0.15, 0.2) is 0 Å². The van der Waals surface area contributed by atoms with Crippen molar-refractivity contribution in [3.8, 4) is 0 Å². The molecular formula is C11H23N3O2. The van der Waals surface area contributed by atoms with Crippen molar-refractivity contribution < 1.29 is 9.59 Å². The van der Waals surface area contributed by atoms with Gasteiger partial charge in [-0.15, -0.1) is 0 Å². The van der Waals surface area contributed by atoms with Gasteiger partial charge in [-0.3, -0.25) is 4.79 Å². The van der Waals surface area contributed by atoms with Crippen LogP contribution in [0.3, 0.4) is 0 Å². The molecule has 1 atom stereocenters. The van der Waals surface area contributed by atoms with Crippen LogP contribution >= 0.6 is 0 Å². The lowest BCUT2D eigenvalue weighted by molar-refractivity contribution is -0.122. The van der Waals surface area contributed by atoms with Crippen LogP contribution in [0.4, 0.5) is 4.79 Å². The van der Waals surface area contributed by atoms with E-state index in [4.69, 9.17) is 0 Å². The SMILES string of the molecule is CCCNC(=O)NC(C)C(=O)NCC(C)C. The first-order valence-corrected chi connectivity index (χ1v) is 5.79. The van der Waals surface area contributed by atoms with Gasteiger partial charge in [0.15, 0.2) is 0 Å². The van der Waals surface area contributed by atoms with Crippen LogP contribution in [-0.2, 0) is 4.79 Å². The van der Waals surface area contributed by atoms with Gasteiger partial charge in [-0.05, 0) is 19.3 Å². The standard InChI is InChI=1S/C11H23N3O2/c1-5-6-12-11(16)14-9(4)10(15)13-7-8(2)3/h8-9H,5-7H2,1-4H3,(H,13,15)(H2,12,14,16). The Morgan fingerprint density at radius 1 is 1.12 bits per heavy atom. The number of carbonyl (C=O) groups excluding carboxylic acids is 2. The maximum absolute atomic E-state index is 11.5. The lowest BCUT2D eigenvalue weighted by Crippen LogP contribution is -2.49. The smallest absolute Gasteiger partial charge is 0.315 e. The monoisotopic (exact) mass is 229 g/mol. The van der Waals surface area contributed by atoms with Crippen molar-refractivity contribution in [1.82, 2.24) is 16.0 Å². The van der Waals surface area contributed by atoms with Crippen LogP contribution in [0.5, 0.6) is 0 Å². The zero-order chi connectivity index (χ0) is 12.6. The van der Waals surface area contributed by atoms with Crippen molar-refractivity contribution in [2.45, 2.75) is 40.2 Å². The second-order valence-corrected chi connectivity index (χ2v) is 4.26. The zero-order valence-corrected chi connectivity index (χ0v) is 10.6. The fourth-order valence-corrected chi connectivity index (χ4v) is 1.01. The Kier molecular flexibility index (Phi) is 7.33. The molecule has 5 nitrogen and oxygen atoms in total. The minimum absolute atomic E-state index is 0.152. The Bertz CT molecular complexity index is 229. The van der Waals surface area contributed by atoms with E-state index in [9.17, 15) is 9.59 Å². The van der Waals surface area contributed by atoms with Crippen molar-refractivity contribution in [2.24, 2.45) is 5.92 Å². The van der Waals surface area contributed by atoms with E-state index in [0.29, 0.717) is 19.0 Å². The number of nitrogens with one attached hydrogen (secondary N) is 3. The third kappa shape index (κ3) is 7.09. The molecule has 0 aromatic rings. The molecule has 0 aliphatic carbocycles. The lowest BCUT2D eigenvalue weighted by atomic mass is 10.2. The van der Waals surface area contributed by atoms with Crippen molar-refractivity contribution in [2.75, 3.05) is 13.1 Å². The fraction of sp³-hybridized carbons (Fsp3) is 0.818. The van der Waals surface area contributed by atoms with Crippen LogP contribution in [-0.4, -0.2) is 31.1 Å². The van der Waals surface area contributed by atoms with Crippen LogP contribution < -0.4 is 16.0 Å². The van der Waals surface area contributed by atoms with E-state index in [2.05, 4.69) is 16.0 Å². The Labute approximate surface area is 97.4 Å². The largest absolute Gasteiger partial charge is 0.354 e. The number of urea groups is 1. The second-order valence-electron chi connectivity index (χ2n) is 4.26. The molecule has 0 saturated carbocycles. The number of carbonyl (C=O) groups is 2. The highest BCUT2D eigenvalue weighted by Crippen LogP contribution is 1.89. The van der Waals surface area contributed by atoms with Crippen molar-refractivity contribution in [3.05, 3.63) is 0 Å². The average molecular weight is 229 g/mol. The summed E-state index contributed by atoms with van der Waals surface area (Å²) in [7, 11) is 0. The van der Waals surface area contributed by atoms with Gasteiger partial charge >= 0.3 is 6.03 Å². The van der Waals surface area contributed by atoms with E-state index >= 15 is 0 Å². The summed E-state index contributed by atoms with van der Waals surface area (Å²) in [5, 5.41) is 7.99. The van der Waals surface area contributed by atoms with E-state index in [1.807, 2.05) is 20.8 Å². The van der Waals surface area contributed by atoms with Crippen molar-refractivity contribution in [1.29, 1.82) is 0 Å². The summed E-state index contributed by atoms with van der Waals surface area (Å²) in [5.74, 6) is 0.255. The summed E-state index contributed by atoms with van der Waals surface area (Å²) in [5.41, 5.74) is 0. The zero-order valence-electron chi connectivity index (χ0n) is 10.6. The highest BCUT2D eigenvalue weighted by Gasteiger charge is 2.14. The van der Waals surface area contributed by atoms with Gasteiger partial charge in [-0.2, -0.15) is 0 Å². The molecule has 3 N–H and O–H groups in total. The number of amides is 3. The highest BCUT2D eigenvalue weighted by atomic mass is 16.2. The van der Waals surface area contributed by atoms with Gasteiger partial charge in [0, 0.05) is 13.1 Å². The average Bonchev–Trinajstić information content (AvgIpc) is 2.22. The molecule has 0 saturated heterocycles. The normalized spacial score (nSPS) is 12.1. The Morgan fingerprint density at radius 2 is 1.75 bits per heavy atom. The molecule has 0 fully saturated rings. The number of rotatable bonds is 6. The van der Waals surface area contributed by atoms with Crippen LogP contribution in [0.1, 0.15) is 34.1 Å². The molecule has 0 heterocycles. The summed E-state index contributed by atoms with van der Waals surface area (Å²) in [6, 6.07) is -0.801. The van der Waals surface area contributed by atoms with E-state index in [1.165, 1.54) is 0 Å². The van der Waals surface area contributed by atoms with Crippen LogP contribution in [0.2, 0.25) is 0 Å². The molecular weight excluding hydrogens is 206 g/mol. The van der Waals surface area contributed by atoms with E-state index in [0.717, 1.165) is 6.42 Å². The first-order valence-electron chi connectivity index (χ1n) is 5.79. The minimum Gasteiger partial charge on any atom is -0.354 e. The molecule has 3 amide bonds. The van der Waals surface area contributed by atoms with Crippen molar-refractivity contribution in [3.63, 3.8) is 0 Å². The van der Waals surface area contributed by atoms with Gasteiger partial charge in [0.25, 0.3) is 0 Å². The molecule has 0 aromatic carbocycles. The quantitative estimate of drug-likeness (QED) is 0.632. The third-order valence-electron chi connectivity index (χ3n) is 1.96. The Balaban J connectivity index is 3.81. The third-order valence-corrected chi connectivity index (χ3v) is 1.96. The molecule has 5 heteroatoms. The maximum Gasteiger partial charge on any atom is 0.315 e. The molecule has 16 heavy (non-hydrogen) atoms. The van der Waals surface area contributed by atoms with Gasteiger partial charge in [0.1, 0.15) is 6.04 Å². The molecule has 0 aromatic heterocycles. The number of hydrogen-bond donors (Lipinski definition) is 3. The Morgan fingerprint density at radius 3 is 2.25 bits per heavy atom. The molecule has 0 aliphatic heterocycles. The van der Waals surface area contributed by atoms with Crippen LogP contribution in [0, 0.1) is 5.92 Å². The summed E-state index contributed by atoms with van der Waals surface area (Å²) in [6.07, 6.45) is 0.876. The van der Waals surface area contributed by atoms with E-state index in [-0.39, 0.29) is 11.9 Å². The molecule has 0 spiro atoms. The predicted octanol–water partition coefficient (Wildman–Crippen LogP) is 0.856. The maximum atomic E-state index is 11.5. The van der Waals surface area contributed by atoms with Gasteiger partial charge in [-0.25, -0.2) is 4.79 Å². The minimum atomic E-state index is -0.504. The van der Waals surface area contributed by atoms with Gasteiger partial charge in [0.05, 0.1) is 0 Å². The fourth-order valence-electron chi connectivity index (χ4n) is 1.01. The van der Waals surface area contributed by atoms with E-state index in [1.54, 1.807) is 6.92 Å². The van der Waals surface area contributed by atoms with Gasteiger partial charge < -0.3 is 16.0 Å². The summed E-state index contributed by atoms with van der Waals surface area (Å²) in [4.78, 5) is 22.8. The van der Waals surface area contributed by atoms with E-state index < -0.39 is 6.04 Å². The summed E-state index contributed by atoms with van der Waals surface area (Å²) >= 11 is 0. The highest BCUT2D eigenvalue weighted by molar-refractivity contribution is 5.86. The topological polar surface area (TPSA) is 70.2 Å².